The summed E-state index contributed by atoms with van der Waals surface area (Å²) in [7, 11) is 1.60. The highest BCUT2D eigenvalue weighted by molar-refractivity contribution is 5.97. The molecule has 0 aliphatic rings. The van der Waals surface area contributed by atoms with Crippen LogP contribution in [0.5, 0.6) is 0 Å². The highest BCUT2D eigenvalue weighted by Gasteiger charge is 2.11. The summed E-state index contributed by atoms with van der Waals surface area (Å²) in [6.45, 7) is 0. The van der Waals surface area contributed by atoms with E-state index in [1.54, 1.807) is 7.05 Å². The van der Waals surface area contributed by atoms with Crippen LogP contribution in [0.3, 0.4) is 0 Å². The van der Waals surface area contributed by atoms with Crippen molar-refractivity contribution in [1.29, 1.82) is 0 Å². The molecule has 0 N–H and O–H groups in total. The van der Waals surface area contributed by atoms with Crippen LogP contribution in [0.2, 0.25) is 0 Å². The summed E-state index contributed by atoms with van der Waals surface area (Å²) < 4.78 is 1.44. The van der Waals surface area contributed by atoms with Gasteiger partial charge < -0.3 is 4.57 Å². The summed E-state index contributed by atoms with van der Waals surface area (Å²) in [6.07, 6.45) is 3.06. The van der Waals surface area contributed by atoms with Crippen LogP contribution in [0.15, 0.2) is 6.20 Å². The first-order chi connectivity index (χ1) is 5.74. The third-order valence-corrected chi connectivity index (χ3v) is 1.66. The van der Waals surface area contributed by atoms with Gasteiger partial charge in [-0.2, -0.15) is 0 Å². The van der Waals surface area contributed by atoms with Gasteiger partial charge >= 0.3 is 0 Å². The lowest BCUT2D eigenvalue weighted by Crippen LogP contribution is -1.95. The topological polar surface area (TPSA) is 56.1 Å². The van der Waals surface area contributed by atoms with Gasteiger partial charge in [-0.15, -0.1) is 0 Å². The number of aryl methyl sites for hydroxylation is 1. The van der Waals surface area contributed by atoms with Gasteiger partial charge in [-0.1, -0.05) is 0 Å². The van der Waals surface area contributed by atoms with Gasteiger partial charge in [0.2, 0.25) is 0 Å². The quantitative estimate of drug-likeness (QED) is 0.611. The molecule has 0 unspecified atom stereocenters. The van der Waals surface area contributed by atoms with Crippen molar-refractivity contribution in [2.75, 3.05) is 0 Å². The molecule has 0 saturated heterocycles. The molecule has 1 aromatic heterocycles. The zero-order valence-electron chi connectivity index (χ0n) is 6.48. The zero-order chi connectivity index (χ0) is 9.14. The van der Waals surface area contributed by atoms with Gasteiger partial charge in [-0.25, -0.2) is 0 Å². The second kappa shape index (κ2) is 3.13. The lowest BCUT2D eigenvalue weighted by molar-refractivity contribution is 0.108. The van der Waals surface area contributed by atoms with Crippen LogP contribution in [0.4, 0.5) is 0 Å². The fourth-order valence-corrected chi connectivity index (χ4v) is 1.05. The Balaban J connectivity index is 3.44. The number of aldehydes is 3. The summed E-state index contributed by atoms with van der Waals surface area (Å²) in [5.74, 6) is 0. The molecule has 1 aromatic rings. The highest BCUT2D eigenvalue weighted by Crippen LogP contribution is 2.10. The van der Waals surface area contributed by atoms with Crippen LogP contribution in [0.25, 0.3) is 0 Å². The Hall–Kier alpha value is -1.71. The van der Waals surface area contributed by atoms with Gasteiger partial charge in [0, 0.05) is 18.8 Å². The average molecular weight is 165 g/mol. The molecule has 1 heterocycles. The Bertz CT molecular complexity index is 338. The van der Waals surface area contributed by atoms with Gasteiger partial charge in [-0.05, 0) is 0 Å². The number of aromatic nitrogens is 1. The third-order valence-electron chi connectivity index (χ3n) is 1.66. The maximum atomic E-state index is 10.4. The minimum atomic E-state index is 0.155. The second-order valence-electron chi connectivity index (χ2n) is 2.35. The molecule has 0 saturated carbocycles. The van der Waals surface area contributed by atoms with Crippen LogP contribution in [-0.2, 0) is 7.05 Å². The van der Waals surface area contributed by atoms with E-state index in [0.29, 0.717) is 18.9 Å². The monoisotopic (exact) mass is 165 g/mol. The van der Waals surface area contributed by atoms with Gasteiger partial charge in [0.15, 0.2) is 18.9 Å². The Labute approximate surface area is 68.8 Å². The van der Waals surface area contributed by atoms with Crippen LogP contribution in [-0.4, -0.2) is 23.4 Å². The first-order valence-corrected chi connectivity index (χ1v) is 3.29. The summed E-state index contributed by atoms with van der Waals surface area (Å²) in [6, 6.07) is 0. The largest absolute Gasteiger partial charge is 0.347 e. The third kappa shape index (κ3) is 1.07. The molecule has 12 heavy (non-hydrogen) atoms. The van der Waals surface area contributed by atoms with E-state index < -0.39 is 0 Å². The lowest BCUT2D eigenvalue weighted by atomic mass is 10.2. The van der Waals surface area contributed by atoms with Gasteiger partial charge in [0.1, 0.15) is 0 Å². The Morgan fingerprint density at radius 1 is 1.17 bits per heavy atom. The fourth-order valence-electron chi connectivity index (χ4n) is 1.05. The molecular formula is C8H7NO3. The molecule has 0 radical (unpaired) electrons. The van der Waals surface area contributed by atoms with E-state index in [0.717, 1.165) is 0 Å². The van der Waals surface area contributed by atoms with Crippen LogP contribution < -0.4 is 0 Å². The van der Waals surface area contributed by atoms with Crippen molar-refractivity contribution in [3.05, 3.63) is 23.0 Å². The Morgan fingerprint density at radius 3 is 2.25 bits per heavy atom. The van der Waals surface area contributed by atoms with Crippen molar-refractivity contribution in [1.82, 2.24) is 4.57 Å². The number of hydrogen-bond acceptors (Lipinski definition) is 3. The molecule has 4 heteroatoms. The lowest BCUT2D eigenvalue weighted by Gasteiger charge is -1.91. The Kier molecular flexibility index (Phi) is 2.19. The summed E-state index contributed by atoms with van der Waals surface area (Å²) >= 11 is 0. The number of hydrogen-bond donors (Lipinski definition) is 0. The predicted molar refractivity (Wildman–Crippen MR) is 41.6 cm³/mol. The molecule has 0 fully saturated rings. The number of carbonyl (C=O) groups is 3. The SMILES string of the molecule is Cn1cc(C=O)c(C=O)c1C=O. The van der Waals surface area contributed by atoms with Crippen molar-refractivity contribution in [2.24, 2.45) is 7.05 Å². The minimum absolute atomic E-state index is 0.155. The molecule has 4 nitrogen and oxygen atoms in total. The van der Waals surface area contributed by atoms with E-state index in [9.17, 15) is 14.4 Å². The van der Waals surface area contributed by atoms with Crippen molar-refractivity contribution >= 4 is 18.9 Å². The number of carbonyl (C=O) groups excluding carboxylic acids is 3. The molecule has 0 aliphatic heterocycles. The molecule has 1 rings (SSSR count). The normalized spacial score (nSPS) is 9.42. The highest BCUT2D eigenvalue weighted by atomic mass is 16.1. The van der Waals surface area contributed by atoms with E-state index in [4.69, 9.17) is 0 Å². The molecule has 0 amide bonds. The number of rotatable bonds is 3. The average Bonchev–Trinajstić information content (AvgIpc) is 2.40. The molecule has 0 aliphatic carbocycles. The van der Waals surface area contributed by atoms with Crippen molar-refractivity contribution < 1.29 is 14.4 Å². The van der Waals surface area contributed by atoms with E-state index >= 15 is 0 Å². The maximum absolute atomic E-state index is 10.4. The van der Waals surface area contributed by atoms with Gasteiger partial charge in [0.05, 0.1) is 11.3 Å². The van der Waals surface area contributed by atoms with Crippen LogP contribution in [0, 0.1) is 0 Å². The molecule has 0 bridgehead atoms. The molecule has 0 spiro atoms. The van der Waals surface area contributed by atoms with Crippen LogP contribution >= 0.6 is 0 Å². The van der Waals surface area contributed by atoms with Gasteiger partial charge in [-0.3, -0.25) is 14.4 Å². The van der Waals surface area contributed by atoms with E-state index in [-0.39, 0.29) is 16.8 Å². The first kappa shape index (κ1) is 8.39. The minimum Gasteiger partial charge on any atom is -0.347 e. The van der Waals surface area contributed by atoms with E-state index in [2.05, 4.69) is 0 Å². The molecule has 0 aromatic carbocycles. The first-order valence-electron chi connectivity index (χ1n) is 3.29. The smallest absolute Gasteiger partial charge is 0.167 e. The predicted octanol–water partition coefficient (Wildman–Crippen LogP) is 0.463. The van der Waals surface area contributed by atoms with Crippen LogP contribution in [0.1, 0.15) is 31.2 Å². The second-order valence-corrected chi connectivity index (χ2v) is 2.35. The summed E-state index contributed by atoms with van der Waals surface area (Å²) in [5, 5.41) is 0. The summed E-state index contributed by atoms with van der Waals surface area (Å²) in [4.78, 5) is 31.3. The fraction of sp³-hybridized carbons (Fsp3) is 0.125. The van der Waals surface area contributed by atoms with Crippen molar-refractivity contribution in [2.45, 2.75) is 0 Å². The Morgan fingerprint density at radius 2 is 1.83 bits per heavy atom. The maximum Gasteiger partial charge on any atom is 0.167 e. The van der Waals surface area contributed by atoms with Crippen molar-refractivity contribution in [3.8, 4) is 0 Å². The standard InChI is InChI=1S/C8H7NO3/c1-9-2-6(3-10)7(4-11)8(9)5-12/h2-5H,1H3. The van der Waals surface area contributed by atoms with Gasteiger partial charge in [0.25, 0.3) is 0 Å². The molecule has 62 valence electrons. The summed E-state index contributed by atoms with van der Waals surface area (Å²) in [5.41, 5.74) is 0.629. The van der Waals surface area contributed by atoms with E-state index in [1.165, 1.54) is 10.8 Å². The van der Waals surface area contributed by atoms with E-state index in [1.807, 2.05) is 0 Å². The number of nitrogens with zero attached hydrogens (tertiary/aromatic N) is 1. The van der Waals surface area contributed by atoms with Crippen molar-refractivity contribution in [3.63, 3.8) is 0 Å². The zero-order valence-corrected chi connectivity index (χ0v) is 6.48. The molecule has 0 atom stereocenters. The molecular weight excluding hydrogens is 158 g/mol.